The molecule has 10 atom stereocenters. The summed E-state index contributed by atoms with van der Waals surface area (Å²) in [6.45, 7) is 6.04. The van der Waals surface area contributed by atoms with Crippen molar-refractivity contribution in [3.8, 4) is 0 Å². The number of carbonyl (C=O) groups excluding carboxylic acids is 6. The number of likely N-dealkylation sites (N-methyl/N-ethyl adjacent to an activating group) is 2. The van der Waals surface area contributed by atoms with Gasteiger partial charge in [-0.2, -0.15) is 0 Å². The van der Waals surface area contributed by atoms with Gasteiger partial charge in [0.25, 0.3) is 0 Å². The van der Waals surface area contributed by atoms with E-state index < -0.39 is 48.3 Å². The van der Waals surface area contributed by atoms with Gasteiger partial charge in [0.15, 0.2) is 0 Å². The molecule has 4 saturated heterocycles. The maximum Gasteiger partial charge on any atom is 0.246 e. The lowest BCUT2D eigenvalue weighted by molar-refractivity contribution is -0.144. The van der Waals surface area contributed by atoms with E-state index in [-0.39, 0.29) is 47.5 Å². The third-order valence-electron chi connectivity index (χ3n) is 16.2. The largest absolute Gasteiger partial charge is 0.381 e. The van der Waals surface area contributed by atoms with Gasteiger partial charge in [-0.15, -0.1) is 10.2 Å². The van der Waals surface area contributed by atoms with Crippen molar-refractivity contribution in [1.29, 1.82) is 0 Å². The molecule has 4 aliphatic rings. The molecule has 4 aromatic rings. The van der Waals surface area contributed by atoms with Crippen LogP contribution in [0.5, 0.6) is 0 Å². The molecule has 0 spiro atoms. The first-order valence-corrected chi connectivity index (χ1v) is 28.6. The fourth-order valence-electron chi connectivity index (χ4n) is 11.5. The monoisotopic (exact) mass is 1070 g/mol. The fraction of sp³-hybridized carbons (Fsp3) is 0.614. The molecule has 0 unspecified atom stereocenters. The van der Waals surface area contributed by atoms with Crippen LogP contribution in [0.3, 0.4) is 0 Å². The third kappa shape index (κ3) is 14.8. The van der Waals surface area contributed by atoms with E-state index in [0.29, 0.717) is 63.4 Å². The van der Waals surface area contributed by atoms with Gasteiger partial charge in [-0.1, -0.05) is 96.8 Å². The summed E-state index contributed by atoms with van der Waals surface area (Å²) in [5.74, 6) is -1.35. The molecule has 0 saturated carbocycles. The lowest BCUT2D eigenvalue weighted by Gasteiger charge is -2.36. The van der Waals surface area contributed by atoms with Gasteiger partial charge in [-0.3, -0.25) is 38.1 Å². The number of nitrogens with zero attached hydrogens (tertiary/aromatic N) is 8. The first-order valence-electron chi connectivity index (χ1n) is 28.6. The molecule has 6 heterocycles. The second-order valence-corrected chi connectivity index (χ2v) is 21.6. The average Bonchev–Trinajstić information content (AvgIpc) is 4.32. The van der Waals surface area contributed by atoms with E-state index in [1.807, 2.05) is 77.7 Å². The van der Waals surface area contributed by atoms with Crippen LogP contribution < -0.4 is 31.9 Å². The van der Waals surface area contributed by atoms with E-state index in [4.69, 9.17) is 4.74 Å². The van der Waals surface area contributed by atoms with Crippen LogP contribution in [0.1, 0.15) is 158 Å². The lowest BCUT2D eigenvalue weighted by atomic mass is 9.98. The Balaban J connectivity index is 0.771. The Kier molecular flexibility index (Phi) is 20.9. The van der Waals surface area contributed by atoms with Crippen LogP contribution in [0.25, 0.3) is 0 Å². The number of ether oxygens (including phenoxy) is 1. The van der Waals surface area contributed by atoms with Crippen LogP contribution >= 0.6 is 0 Å². The Morgan fingerprint density at radius 1 is 0.551 bits per heavy atom. The van der Waals surface area contributed by atoms with Crippen LogP contribution in [0.15, 0.2) is 73.1 Å². The maximum absolute atomic E-state index is 14.2. The molecule has 21 heteroatoms. The van der Waals surface area contributed by atoms with E-state index in [2.05, 4.69) is 52.5 Å². The smallest absolute Gasteiger partial charge is 0.246 e. The van der Waals surface area contributed by atoms with Crippen LogP contribution in [0, 0.1) is 0 Å². The highest BCUT2D eigenvalue weighted by atomic mass is 16.5. The molecule has 422 valence electrons. The summed E-state index contributed by atoms with van der Waals surface area (Å²) in [7, 11) is 3.42. The van der Waals surface area contributed by atoms with E-state index in [1.54, 1.807) is 42.4 Å². The summed E-state index contributed by atoms with van der Waals surface area (Å²) in [6.07, 6.45) is 16.9. The topological polar surface area (TPSA) is 252 Å². The number of carbonyl (C=O) groups is 6. The molecule has 4 aliphatic heterocycles. The second kappa shape index (κ2) is 28.3. The van der Waals surface area contributed by atoms with Gasteiger partial charge >= 0.3 is 0 Å². The van der Waals surface area contributed by atoms with Crippen molar-refractivity contribution >= 4 is 35.4 Å². The molecule has 4 fully saturated rings. The molecule has 0 bridgehead atoms. The zero-order valence-electron chi connectivity index (χ0n) is 46.0. The Labute approximate surface area is 458 Å². The van der Waals surface area contributed by atoms with Crippen molar-refractivity contribution in [1.82, 2.24) is 71.7 Å². The van der Waals surface area contributed by atoms with E-state index in [0.717, 1.165) is 94.6 Å². The van der Waals surface area contributed by atoms with Gasteiger partial charge in [-0.05, 0) is 123 Å². The number of rotatable bonds is 25. The van der Waals surface area contributed by atoms with Crippen molar-refractivity contribution in [2.75, 3.05) is 27.3 Å². The minimum Gasteiger partial charge on any atom is -0.381 e. The highest BCUT2D eigenvalue weighted by molar-refractivity contribution is 5.95. The summed E-state index contributed by atoms with van der Waals surface area (Å²) in [5.41, 5.74) is 2.93. The van der Waals surface area contributed by atoms with Crippen molar-refractivity contribution in [3.05, 3.63) is 95.6 Å². The van der Waals surface area contributed by atoms with Gasteiger partial charge in [0, 0.05) is 38.4 Å². The number of nitrogens with one attached hydrogen (secondary N) is 6. The van der Waals surface area contributed by atoms with Crippen molar-refractivity contribution in [2.45, 2.75) is 197 Å². The summed E-state index contributed by atoms with van der Waals surface area (Å²) < 4.78 is 9.61. The van der Waals surface area contributed by atoms with Gasteiger partial charge in [0.05, 0.1) is 36.6 Å². The summed E-state index contributed by atoms with van der Waals surface area (Å²) in [4.78, 5) is 85.8. The Morgan fingerprint density at radius 3 is 1.40 bits per heavy atom. The summed E-state index contributed by atoms with van der Waals surface area (Å²) >= 11 is 0. The zero-order chi connectivity index (χ0) is 55.0. The predicted octanol–water partition coefficient (Wildman–Crippen LogP) is 4.00. The molecule has 6 N–H and O–H groups in total. The van der Waals surface area contributed by atoms with E-state index >= 15 is 0 Å². The second-order valence-electron chi connectivity index (χ2n) is 21.6. The van der Waals surface area contributed by atoms with Crippen LogP contribution in [0.2, 0.25) is 0 Å². The highest BCUT2D eigenvalue weighted by Crippen LogP contribution is 2.34. The highest BCUT2D eigenvalue weighted by Gasteiger charge is 2.46. The molecule has 2 aromatic heterocycles. The van der Waals surface area contributed by atoms with Crippen LogP contribution in [-0.2, 0) is 46.6 Å². The first-order chi connectivity index (χ1) is 37.9. The SMILES string of the molecule is CN[C@@H](C)C(=O)N[C@H]1CCCC[C@H]2CC[C@@H](C(=O)N[C@H](c3ccccc3)c3cn(CCCCOCCCCCn4cc([C@@H](NC(=O)[C@@H]5CC[C@@H]6CCCC[C@H](NC(=O)[C@H](C)NC)C(=O)N65)c5ccccc5)nn4)nn3)N2C1=O. The van der Waals surface area contributed by atoms with Crippen molar-refractivity contribution in [3.63, 3.8) is 0 Å². The molecular formula is C57H82N14O7. The molecule has 0 radical (unpaired) electrons. The number of amides is 6. The molecule has 6 amide bonds. The molecular weight excluding hydrogens is 993 g/mol. The third-order valence-corrected chi connectivity index (χ3v) is 16.2. The number of hydrogen-bond acceptors (Lipinski definition) is 13. The lowest BCUT2D eigenvalue weighted by Crippen LogP contribution is -2.58. The van der Waals surface area contributed by atoms with Gasteiger partial charge in [-0.25, -0.2) is 0 Å². The standard InChI is InChI=1S/C57H82N14O7/c1-38(58-3)52(72)60-44-26-14-12-24-42-28-30-48(70(42)56(44)76)54(74)62-50(40-20-8-5-9-21-40)46-36-68(66-64-46)32-16-7-18-34-78-35-19-17-33-69-37-47(65-67-69)51(41-22-10-6-11-23-41)63-55(75)49-31-29-43-25-13-15-27-45(57(77)71(43)49)61-53(73)39(2)59-4/h5-6,8-11,20-23,36-39,42-45,48-51,58-59H,7,12-19,24-35H2,1-4H3,(H,60,72)(H,61,73)(H,62,74)(H,63,75)/t38-,39-,42-,43-,44-,45-,48-,49-,50-,51+/m0/s1. The molecule has 78 heavy (non-hydrogen) atoms. The van der Waals surface area contributed by atoms with Gasteiger partial charge in [0.1, 0.15) is 35.6 Å². The van der Waals surface area contributed by atoms with Gasteiger partial charge in [0.2, 0.25) is 35.4 Å². The molecule has 8 rings (SSSR count). The number of aromatic nitrogens is 6. The fourth-order valence-corrected chi connectivity index (χ4v) is 11.5. The molecule has 2 aromatic carbocycles. The number of fused-ring (bicyclic) bond motifs is 2. The minimum absolute atomic E-state index is 0.0516. The zero-order valence-corrected chi connectivity index (χ0v) is 46.0. The quantitative estimate of drug-likeness (QED) is 0.0515. The van der Waals surface area contributed by atoms with Crippen LogP contribution in [-0.4, -0.2) is 151 Å². The average molecular weight is 1080 g/mol. The van der Waals surface area contributed by atoms with Crippen LogP contribution in [0.4, 0.5) is 0 Å². The number of unbranched alkanes of at least 4 members (excludes halogenated alkanes) is 3. The van der Waals surface area contributed by atoms with E-state index in [1.165, 1.54) is 0 Å². The number of aryl methyl sites for hydroxylation is 2. The Hall–Kier alpha value is -6.58. The normalized spacial score (nSPS) is 23.1. The number of hydrogen-bond donors (Lipinski definition) is 6. The first kappa shape index (κ1) is 57.6. The molecule has 21 nitrogen and oxygen atoms in total. The maximum atomic E-state index is 14.2. The predicted molar refractivity (Wildman–Crippen MR) is 292 cm³/mol. The Morgan fingerprint density at radius 2 is 0.962 bits per heavy atom. The van der Waals surface area contributed by atoms with Gasteiger partial charge < -0.3 is 46.4 Å². The number of benzene rings is 2. The van der Waals surface area contributed by atoms with E-state index in [9.17, 15) is 28.8 Å². The molecule has 0 aliphatic carbocycles. The minimum atomic E-state index is -0.680. The van der Waals surface area contributed by atoms with Crippen molar-refractivity contribution in [2.24, 2.45) is 0 Å². The summed E-state index contributed by atoms with van der Waals surface area (Å²) in [6, 6.07) is 14.5. The van der Waals surface area contributed by atoms with Crippen molar-refractivity contribution < 1.29 is 33.5 Å². The summed E-state index contributed by atoms with van der Waals surface area (Å²) in [5, 5.41) is 36.1. The Bertz CT molecular complexity index is 2420.